The third-order valence-electron chi connectivity index (χ3n) is 6.07. The van der Waals surface area contributed by atoms with Gasteiger partial charge >= 0.3 is 0 Å². The lowest BCUT2D eigenvalue weighted by atomic mass is 9.67. The van der Waals surface area contributed by atoms with Crippen LogP contribution in [0.3, 0.4) is 0 Å². The zero-order chi connectivity index (χ0) is 18.2. The second-order valence-corrected chi connectivity index (χ2v) is 7.84. The van der Waals surface area contributed by atoms with Crippen molar-refractivity contribution in [2.24, 2.45) is 16.3 Å². The minimum atomic E-state index is 0.408. The minimum Gasteiger partial charge on any atom is -0.385 e. The van der Waals surface area contributed by atoms with Crippen LogP contribution in [-0.4, -0.2) is 52.9 Å². The molecule has 1 atom stereocenters. The molecule has 1 aromatic rings. The van der Waals surface area contributed by atoms with Crippen molar-refractivity contribution in [1.29, 1.82) is 0 Å². The molecule has 0 bridgehead atoms. The molecule has 2 N–H and O–H groups in total. The first kappa shape index (κ1) is 19.0. The number of anilines is 1. The summed E-state index contributed by atoms with van der Waals surface area (Å²) in [6.45, 7) is 5.09. The number of hydrogen-bond acceptors (Lipinski definition) is 3. The summed E-state index contributed by atoms with van der Waals surface area (Å²) in [4.78, 5) is 6.90. The number of hydrogen-bond donors (Lipinski definition) is 2. The maximum absolute atomic E-state index is 5.29. The van der Waals surface area contributed by atoms with Gasteiger partial charge in [0.2, 0.25) is 0 Å². The van der Waals surface area contributed by atoms with E-state index in [2.05, 4.69) is 50.9 Å². The fourth-order valence-electron chi connectivity index (χ4n) is 4.12. The van der Waals surface area contributed by atoms with E-state index < -0.39 is 0 Å². The van der Waals surface area contributed by atoms with Crippen LogP contribution in [0, 0.1) is 11.3 Å². The highest BCUT2D eigenvalue weighted by Gasteiger charge is 2.36. The van der Waals surface area contributed by atoms with E-state index in [1.165, 1.54) is 31.4 Å². The third-order valence-corrected chi connectivity index (χ3v) is 6.07. The lowest BCUT2D eigenvalue weighted by Crippen LogP contribution is -2.47. The monoisotopic (exact) mass is 358 g/mol. The van der Waals surface area contributed by atoms with E-state index in [9.17, 15) is 0 Å². The van der Waals surface area contributed by atoms with Crippen LogP contribution in [0.2, 0.25) is 0 Å². The van der Waals surface area contributed by atoms with Gasteiger partial charge in [-0.15, -0.1) is 0 Å². The fraction of sp³-hybridized carbons (Fsp3) is 0.667. The molecule has 1 aromatic carbocycles. The van der Waals surface area contributed by atoms with Crippen molar-refractivity contribution < 1.29 is 4.74 Å². The van der Waals surface area contributed by atoms with Crippen LogP contribution in [0.5, 0.6) is 0 Å². The normalized spacial score (nSPS) is 22.2. The molecule has 5 nitrogen and oxygen atoms in total. The van der Waals surface area contributed by atoms with Crippen LogP contribution < -0.4 is 15.5 Å². The van der Waals surface area contributed by atoms with Crippen molar-refractivity contribution in [2.75, 3.05) is 51.8 Å². The SMILES string of the molecule is CN=C(NCC1CCN(c2ccccc2)C1)NCC1(CCOC)CCC1. The predicted octanol–water partition coefficient (Wildman–Crippen LogP) is 2.88. The van der Waals surface area contributed by atoms with Crippen molar-refractivity contribution >= 4 is 11.6 Å². The van der Waals surface area contributed by atoms with Gasteiger partial charge < -0.3 is 20.3 Å². The van der Waals surface area contributed by atoms with Gasteiger partial charge in [-0.1, -0.05) is 24.6 Å². The van der Waals surface area contributed by atoms with Gasteiger partial charge in [-0.2, -0.15) is 0 Å². The van der Waals surface area contributed by atoms with Gasteiger partial charge in [0.1, 0.15) is 0 Å². The Hall–Kier alpha value is -1.75. The molecule has 1 aliphatic heterocycles. The smallest absolute Gasteiger partial charge is 0.191 e. The summed E-state index contributed by atoms with van der Waals surface area (Å²) in [5.41, 5.74) is 1.74. The minimum absolute atomic E-state index is 0.408. The molecule has 1 aliphatic carbocycles. The molecule has 0 spiro atoms. The van der Waals surface area contributed by atoms with E-state index in [4.69, 9.17) is 4.74 Å². The van der Waals surface area contributed by atoms with Gasteiger partial charge in [0.25, 0.3) is 0 Å². The zero-order valence-corrected chi connectivity index (χ0v) is 16.3. The zero-order valence-electron chi connectivity index (χ0n) is 16.3. The fourth-order valence-corrected chi connectivity index (χ4v) is 4.12. The summed E-state index contributed by atoms with van der Waals surface area (Å²) in [7, 11) is 3.66. The predicted molar refractivity (Wildman–Crippen MR) is 109 cm³/mol. The lowest BCUT2D eigenvalue weighted by molar-refractivity contribution is 0.0732. The van der Waals surface area contributed by atoms with Crippen LogP contribution in [0.4, 0.5) is 5.69 Å². The van der Waals surface area contributed by atoms with Crippen molar-refractivity contribution in [1.82, 2.24) is 10.6 Å². The van der Waals surface area contributed by atoms with Crippen molar-refractivity contribution in [2.45, 2.75) is 32.1 Å². The van der Waals surface area contributed by atoms with Crippen molar-refractivity contribution in [3.05, 3.63) is 30.3 Å². The highest BCUT2D eigenvalue weighted by Crippen LogP contribution is 2.43. The standard InChI is InChI=1S/C21H34N4O/c1-22-20(24-17-21(10-6-11-21)12-14-26-2)23-15-18-9-13-25(16-18)19-7-4-3-5-8-19/h3-5,7-8,18H,6,9-17H2,1-2H3,(H2,22,23,24). The average molecular weight is 359 g/mol. The van der Waals surface area contributed by atoms with Crippen molar-refractivity contribution in [3.8, 4) is 0 Å². The Morgan fingerprint density at radius 1 is 1.27 bits per heavy atom. The molecule has 5 heteroatoms. The Morgan fingerprint density at radius 2 is 2.08 bits per heavy atom. The first-order valence-corrected chi connectivity index (χ1v) is 9.98. The second-order valence-electron chi connectivity index (χ2n) is 7.84. The van der Waals surface area contributed by atoms with Crippen LogP contribution in [0.1, 0.15) is 32.1 Å². The molecule has 0 amide bonds. The van der Waals surface area contributed by atoms with Crippen LogP contribution >= 0.6 is 0 Å². The van der Waals surface area contributed by atoms with Crippen LogP contribution in [0.25, 0.3) is 0 Å². The number of para-hydroxylation sites is 1. The van der Waals surface area contributed by atoms with Crippen LogP contribution in [-0.2, 0) is 4.74 Å². The van der Waals surface area contributed by atoms with Gasteiger partial charge in [-0.3, -0.25) is 4.99 Å². The summed E-state index contributed by atoms with van der Waals surface area (Å²) in [6, 6.07) is 10.7. The highest BCUT2D eigenvalue weighted by molar-refractivity contribution is 5.79. The molecular formula is C21H34N4O. The number of ether oxygens (including phenoxy) is 1. The summed E-state index contributed by atoms with van der Waals surface area (Å²) in [5, 5.41) is 7.10. The van der Waals surface area contributed by atoms with E-state index in [1.807, 2.05) is 7.05 Å². The number of nitrogens with one attached hydrogen (secondary N) is 2. The van der Waals surface area contributed by atoms with E-state index in [-0.39, 0.29) is 0 Å². The van der Waals surface area contributed by atoms with Crippen LogP contribution in [0.15, 0.2) is 35.3 Å². The molecule has 2 aliphatic rings. The Bertz CT molecular complexity index is 571. The first-order chi connectivity index (χ1) is 12.7. The van der Waals surface area contributed by atoms with Gasteiger partial charge in [0.05, 0.1) is 0 Å². The Balaban J connectivity index is 1.40. The van der Waals surface area contributed by atoms with Crippen molar-refractivity contribution in [3.63, 3.8) is 0 Å². The average Bonchev–Trinajstić information content (AvgIpc) is 3.12. The maximum Gasteiger partial charge on any atom is 0.191 e. The molecule has 144 valence electrons. The molecule has 1 saturated heterocycles. The molecule has 0 aromatic heterocycles. The molecule has 1 saturated carbocycles. The summed E-state index contributed by atoms with van der Waals surface area (Å²) in [5.74, 6) is 1.60. The summed E-state index contributed by atoms with van der Waals surface area (Å²) < 4.78 is 5.29. The number of aliphatic imine (C=N–C) groups is 1. The number of nitrogens with zero attached hydrogens (tertiary/aromatic N) is 2. The molecule has 0 radical (unpaired) electrons. The number of benzene rings is 1. The van der Waals surface area contributed by atoms with E-state index >= 15 is 0 Å². The molecular weight excluding hydrogens is 324 g/mol. The topological polar surface area (TPSA) is 48.9 Å². The number of methoxy groups -OCH3 is 1. The van der Waals surface area contributed by atoms with Gasteiger partial charge in [0, 0.05) is 52.6 Å². The van der Waals surface area contributed by atoms with E-state index in [1.54, 1.807) is 7.11 Å². The molecule has 2 fully saturated rings. The Kier molecular flexibility index (Phi) is 6.78. The molecule has 1 unspecified atom stereocenters. The molecule has 1 heterocycles. The van der Waals surface area contributed by atoms with Gasteiger partial charge in [-0.05, 0) is 49.1 Å². The number of guanidine groups is 1. The van der Waals surface area contributed by atoms with E-state index in [0.29, 0.717) is 11.3 Å². The first-order valence-electron chi connectivity index (χ1n) is 9.98. The molecule has 26 heavy (non-hydrogen) atoms. The lowest BCUT2D eigenvalue weighted by Gasteiger charge is -2.42. The van der Waals surface area contributed by atoms with Gasteiger partial charge in [0.15, 0.2) is 5.96 Å². The third kappa shape index (κ3) is 4.91. The highest BCUT2D eigenvalue weighted by atomic mass is 16.5. The number of rotatable bonds is 8. The Labute approximate surface area is 158 Å². The molecule has 3 rings (SSSR count). The van der Waals surface area contributed by atoms with Gasteiger partial charge in [-0.25, -0.2) is 0 Å². The summed E-state index contributed by atoms with van der Waals surface area (Å²) >= 11 is 0. The largest absolute Gasteiger partial charge is 0.385 e. The Morgan fingerprint density at radius 3 is 2.73 bits per heavy atom. The second kappa shape index (κ2) is 9.26. The van der Waals surface area contributed by atoms with E-state index in [0.717, 1.165) is 45.2 Å². The maximum atomic E-state index is 5.29. The quantitative estimate of drug-likeness (QED) is 0.554. The summed E-state index contributed by atoms with van der Waals surface area (Å²) in [6.07, 6.45) is 6.32.